The van der Waals surface area contributed by atoms with Crippen LogP contribution in [0.5, 0.6) is 0 Å². The predicted octanol–water partition coefficient (Wildman–Crippen LogP) is 2.46. The van der Waals surface area contributed by atoms with Crippen LogP contribution in [0.2, 0.25) is 0 Å². The van der Waals surface area contributed by atoms with E-state index in [-0.39, 0.29) is 6.61 Å². The minimum Gasteiger partial charge on any atom is -0.395 e. The molecular formula is C18H28N4OS. The highest BCUT2D eigenvalue weighted by atomic mass is 32.1. The van der Waals surface area contributed by atoms with E-state index in [9.17, 15) is 5.11 Å². The molecular weight excluding hydrogens is 320 g/mol. The van der Waals surface area contributed by atoms with E-state index in [0.717, 1.165) is 19.6 Å². The molecule has 6 heteroatoms. The number of hydrogen-bond donors (Lipinski definition) is 1. The van der Waals surface area contributed by atoms with Gasteiger partial charge < -0.3 is 9.67 Å². The molecule has 3 rings (SSSR count). The number of nitrogens with zero attached hydrogens (tertiary/aromatic N) is 4. The molecule has 5 nitrogen and oxygen atoms in total. The van der Waals surface area contributed by atoms with E-state index in [4.69, 9.17) is 0 Å². The Kier molecular flexibility index (Phi) is 6.43. The van der Waals surface area contributed by atoms with Crippen molar-refractivity contribution in [3.05, 3.63) is 40.1 Å². The standard InChI is InChI=1S/C18H28N4OS/c1-20-15-19-11-16(20)12-22(9-10-23)14-18-6-5-17(24-18)13-21-7-3-2-4-8-21/h5-6,11,15,23H,2-4,7-10,12-14H2,1H3. The van der Waals surface area contributed by atoms with Gasteiger partial charge in [0.15, 0.2) is 0 Å². The maximum absolute atomic E-state index is 9.37. The van der Waals surface area contributed by atoms with E-state index < -0.39 is 0 Å². The molecule has 0 aromatic carbocycles. The number of likely N-dealkylation sites (tertiary alicyclic amines) is 1. The minimum atomic E-state index is 0.184. The average molecular weight is 349 g/mol. The largest absolute Gasteiger partial charge is 0.395 e. The van der Waals surface area contributed by atoms with E-state index >= 15 is 0 Å². The van der Waals surface area contributed by atoms with Crippen molar-refractivity contribution in [2.75, 3.05) is 26.2 Å². The first kappa shape index (κ1) is 17.6. The molecule has 0 bridgehead atoms. The Morgan fingerprint density at radius 3 is 2.67 bits per heavy atom. The van der Waals surface area contributed by atoms with Crippen LogP contribution in [0.4, 0.5) is 0 Å². The molecule has 0 aliphatic carbocycles. The van der Waals surface area contributed by atoms with E-state index in [1.165, 1.54) is 47.8 Å². The van der Waals surface area contributed by atoms with Gasteiger partial charge in [0, 0.05) is 49.2 Å². The first-order chi connectivity index (χ1) is 11.7. The Morgan fingerprint density at radius 1 is 1.17 bits per heavy atom. The van der Waals surface area contributed by atoms with Crippen molar-refractivity contribution >= 4 is 11.3 Å². The van der Waals surface area contributed by atoms with Crippen LogP contribution in [0, 0.1) is 0 Å². The highest BCUT2D eigenvalue weighted by Gasteiger charge is 2.13. The topological polar surface area (TPSA) is 44.5 Å². The van der Waals surface area contributed by atoms with Gasteiger partial charge >= 0.3 is 0 Å². The van der Waals surface area contributed by atoms with Gasteiger partial charge in [-0.3, -0.25) is 9.80 Å². The zero-order valence-electron chi connectivity index (χ0n) is 14.5. The molecule has 132 valence electrons. The molecule has 2 aromatic rings. The van der Waals surface area contributed by atoms with Crippen molar-refractivity contribution in [3.63, 3.8) is 0 Å². The number of aliphatic hydroxyl groups is 1. The van der Waals surface area contributed by atoms with E-state index in [0.29, 0.717) is 6.54 Å². The molecule has 1 aliphatic rings. The Hall–Kier alpha value is -1.21. The molecule has 0 unspecified atom stereocenters. The van der Waals surface area contributed by atoms with Gasteiger partial charge in [-0.15, -0.1) is 11.3 Å². The lowest BCUT2D eigenvalue weighted by Crippen LogP contribution is -2.28. The first-order valence-corrected chi connectivity index (χ1v) is 9.64. The number of hydrogen-bond acceptors (Lipinski definition) is 5. The van der Waals surface area contributed by atoms with Gasteiger partial charge in [-0.05, 0) is 38.1 Å². The second-order valence-corrected chi connectivity index (χ2v) is 7.89. The van der Waals surface area contributed by atoms with Crippen LogP contribution in [0.25, 0.3) is 0 Å². The Bertz CT molecular complexity index is 618. The quantitative estimate of drug-likeness (QED) is 0.796. The maximum Gasteiger partial charge on any atom is 0.0945 e. The van der Waals surface area contributed by atoms with Crippen LogP contribution < -0.4 is 0 Å². The lowest BCUT2D eigenvalue weighted by molar-refractivity contribution is 0.183. The molecule has 3 heterocycles. The van der Waals surface area contributed by atoms with Crippen molar-refractivity contribution in [1.29, 1.82) is 0 Å². The van der Waals surface area contributed by atoms with Crippen LogP contribution in [-0.2, 0) is 26.7 Å². The Labute approximate surface area is 148 Å². The fourth-order valence-corrected chi connectivity index (χ4v) is 4.38. The fraction of sp³-hybridized carbons (Fsp3) is 0.611. The molecule has 0 saturated carbocycles. The Balaban J connectivity index is 1.57. The van der Waals surface area contributed by atoms with E-state index in [1.807, 2.05) is 35.5 Å². The van der Waals surface area contributed by atoms with E-state index in [2.05, 4.69) is 26.9 Å². The summed E-state index contributed by atoms with van der Waals surface area (Å²) in [7, 11) is 2.02. The normalized spacial score (nSPS) is 16.1. The first-order valence-electron chi connectivity index (χ1n) is 8.83. The van der Waals surface area contributed by atoms with Crippen molar-refractivity contribution in [1.82, 2.24) is 19.4 Å². The molecule has 1 saturated heterocycles. The third-order valence-corrected chi connectivity index (χ3v) is 5.70. The summed E-state index contributed by atoms with van der Waals surface area (Å²) in [6.45, 7) is 6.14. The third-order valence-electron chi connectivity index (χ3n) is 4.64. The number of thiophene rings is 1. The van der Waals surface area contributed by atoms with E-state index in [1.54, 1.807) is 0 Å². The predicted molar refractivity (Wildman–Crippen MR) is 97.9 cm³/mol. The van der Waals surface area contributed by atoms with Crippen molar-refractivity contribution in [2.24, 2.45) is 7.05 Å². The van der Waals surface area contributed by atoms with Crippen LogP contribution >= 0.6 is 11.3 Å². The maximum atomic E-state index is 9.37. The second-order valence-electron chi connectivity index (χ2n) is 6.63. The summed E-state index contributed by atoms with van der Waals surface area (Å²) in [6.07, 6.45) is 7.80. The molecule has 24 heavy (non-hydrogen) atoms. The monoisotopic (exact) mass is 348 g/mol. The number of aromatic nitrogens is 2. The summed E-state index contributed by atoms with van der Waals surface area (Å²) in [6, 6.07) is 4.52. The highest BCUT2D eigenvalue weighted by Crippen LogP contribution is 2.22. The number of aryl methyl sites for hydroxylation is 1. The van der Waals surface area contributed by atoms with Crippen molar-refractivity contribution < 1.29 is 5.11 Å². The molecule has 1 fully saturated rings. The zero-order valence-corrected chi connectivity index (χ0v) is 15.3. The molecule has 1 N–H and O–H groups in total. The van der Waals surface area contributed by atoms with Crippen molar-refractivity contribution in [2.45, 2.75) is 38.9 Å². The van der Waals surface area contributed by atoms with Crippen LogP contribution in [0.1, 0.15) is 34.7 Å². The molecule has 0 atom stereocenters. The number of piperidine rings is 1. The Morgan fingerprint density at radius 2 is 1.96 bits per heavy atom. The SMILES string of the molecule is Cn1cncc1CN(CCO)Cc1ccc(CN2CCCCC2)s1. The lowest BCUT2D eigenvalue weighted by Gasteiger charge is -2.25. The third kappa shape index (κ3) is 4.89. The van der Waals surface area contributed by atoms with Gasteiger partial charge in [0.1, 0.15) is 0 Å². The molecule has 2 aromatic heterocycles. The summed E-state index contributed by atoms with van der Waals surface area (Å²) in [4.78, 5) is 11.9. The zero-order chi connectivity index (χ0) is 16.8. The molecule has 0 spiro atoms. The van der Waals surface area contributed by atoms with Gasteiger partial charge in [0.2, 0.25) is 0 Å². The summed E-state index contributed by atoms with van der Waals surface area (Å²) >= 11 is 1.91. The molecule has 1 aliphatic heterocycles. The summed E-state index contributed by atoms with van der Waals surface area (Å²) in [5.74, 6) is 0. The van der Waals surface area contributed by atoms with Gasteiger partial charge in [-0.1, -0.05) is 6.42 Å². The molecule has 0 radical (unpaired) electrons. The van der Waals surface area contributed by atoms with Crippen LogP contribution in [0.15, 0.2) is 24.7 Å². The van der Waals surface area contributed by atoms with Crippen molar-refractivity contribution in [3.8, 4) is 0 Å². The average Bonchev–Trinajstić information content (AvgIpc) is 3.18. The summed E-state index contributed by atoms with van der Waals surface area (Å²) < 4.78 is 2.04. The number of rotatable bonds is 8. The second kappa shape index (κ2) is 8.76. The van der Waals surface area contributed by atoms with Gasteiger partial charge in [0.05, 0.1) is 18.6 Å². The summed E-state index contributed by atoms with van der Waals surface area (Å²) in [5, 5.41) is 9.37. The van der Waals surface area contributed by atoms with Crippen LogP contribution in [0.3, 0.4) is 0 Å². The highest BCUT2D eigenvalue weighted by molar-refractivity contribution is 7.11. The van der Waals surface area contributed by atoms with Gasteiger partial charge in [-0.25, -0.2) is 4.98 Å². The molecule has 0 amide bonds. The van der Waals surface area contributed by atoms with Crippen LogP contribution in [-0.4, -0.2) is 50.7 Å². The number of aliphatic hydroxyl groups excluding tert-OH is 1. The summed E-state index contributed by atoms with van der Waals surface area (Å²) in [5.41, 5.74) is 1.17. The van der Waals surface area contributed by atoms with Gasteiger partial charge in [-0.2, -0.15) is 0 Å². The minimum absolute atomic E-state index is 0.184. The fourth-order valence-electron chi connectivity index (χ4n) is 3.27. The lowest BCUT2D eigenvalue weighted by atomic mass is 10.1. The smallest absolute Gasteiger partial charge is 0.0945 e. The van der Waals surface area contributed by atoms with Gasteiger partial charge in [0.25, 0.3) is 0 Å². The number of imidazole rings is 1.